The van der Waals surface area contributed by atoms with E-state index in [-0.39, 0.29) is 10.6 Å². The Morgan fingerprint density at radius 1 is 1.07 bits per heavy atom. The van der Waals surface area contributed by atoms with Gasteiger partial charge >= 0.3 is 0 Å². The molecule has 0 radical (unpaired) electrons. The molecule has 2 aromatic rings. The number of likely N-dealkylation sites (tertiary alicyclic amines) is 1. The monoisotopic (exact) mass is 403 g/mol. The number of rotatable bonds is 7. The molecule has 0 atom stereocenters. The molecule has 2 aromatic carbocycles. The minimum Gasteiger partial charge on any atom is -0.375 e. The first-order chi connectivity index (χ1) is 13.3. The zero-order valence-electron chi connectivity index (χ0n) is 15.9. The summed E-state index contributed by atoms with van der Waals surface area (Å²) < 4.78 is 23.4. The van der Waals surface area contributed by atoms with Crippen LogP contribution in [0.3, 0.4) is 0 Å². The van der Waals surface area contributed by atoms with Gasteiger partial charge in [-0.05, 0) is 49.2 Å². The molecule has 0 saturated carbocycles. The van der Waals surface area contributed by atoms with Crippen LogP contribution in [0.1, 0.15) is 30.4 Å². The Morgan fingerprint density at radius 2 is 1.75 bits per heavy atom. The fourth-order valence-corrected chi connectivity index (χ4v) is 4.12. The van der Waals surface area contributed by atoms with Crippen LogP contribution in [0.2, 0.25) is 0 Å². The van der Waals surface area contributed by atoms with Crippen molar-refractivity contribution < 1.29 is 13.3 Å². The number of piperidine rings is 1. The highest BCUT2D eigenvalue weighted by Gasteiger charge is 2.19. The van der Waals surface area contributed by atoms with Crippen LogP contribution < -0.4 is 5.32 Å². The van der Waals surface area contributed by atoms with Crippen LogP contribution in [0.5, 0.6) is 0 Å². The van der Waals surface area contributed by atoms with Crippen LogP contribution in [0.25, 0.3) is 0 Å². The van der Waals surface area contributed by atoms with Gasteiger partial charge in [0.15, 0.2) is 9.84 Å². The molecule has 7 nitrogen and oxygen atoms in total. The van der Waals surface area contributed by atoms with E-state index in [4.69, 9.17) is 0 Å². The summed E-state index contributed by atoms with van der Waals surface area (Å²) in [5.74, 6) is 0. The predicted molar refractivity (Wildman–Crippen MR) is 109 cm³/mol. The molecule has 1 aliphatic heterocycles. The molecule has 0 aliphatic carbocycles. The molecule has 0 unspecified atom stereocenters. The van der Waals surface area contributed by atoms with Gasteiger partial charge in [0.2, 0.25) is 0 Å². The molecule has 0 spiro atoms. The normalized spacial score (nSPS) is 15.3. The standard InChI is InChI=1S/C20H25N3O4S/c1-28(26,27)18-9-10-19(20(13-18)23(24)25)21-14-16-7-3-4-8-17(16)15-22-11-5-2-6-12-22/h3-4,7-10,13,21H,2,5-6,11-12,14-15H2,1H3. The Kier molecular flexibility index (Phi) is 6.31. The quantitative estimate of drug-likeness (QED) is 0.561. The van der Waals surface area contributed by atoms with E-state index in [1.807, 2.05) is 18.2 Å². The molecule has 1 saturated heterocycles. The molecular formula is C20H25N3O4S. The first-order valence-corrected chi connectivity index (χ1v) is 11.3. The van der Waals surface area contributed by atoms with Gasteiger partial charge in [0.1, 0.15) is 5.69 Å². The van der Waals surface area contributed by atoms with Crippen LogP contribution in [0.15, 0.2) is 47.4 Å². The molecule has 3 rings (SSSR count). The summed E-state index contributed by atoms with van der Waals surface area (Å²) in [5.41, 5.74) is 2.35. The van der Waals surface area contributed by atoms with Crippen molar-refractivity contribution in [3.63, 3.8) is 0 Å². The summed E-state index contributed by atoms with van der Waals surface area (Å²) in [6.45, 7) is 3.50. The van der Waals surface area contributed by atoms with Crippen molar-refractivity contribution in [2.75, 3.05) is 24.7 Å². The van der Waals surface area contributed by atoms with Crippen molar-refractivity contribution in [2.24, 2.45) is 0 Å². The lowest BCUT2D eigenvalue weighted by Crippen LogP contribution is -2.29. The largest absolute Gasteiger partial charge is 0.375 e. The van der Waals surface area contributed by atoms with Gasteiger partial charge in [0, 0.05) is 25.4 Å². The molecule has 28 heavy (non-hydrogen) atoms. The lowest BCUT2D eigenvalue weighted by atomic mass is 10.0. The number of sulfone groups is 1. The Hall–Kier alpha value is -2.45. The number of benzene rings is 2. The molecule has 1 aliphatic rings. The number of nitro groups is 1. The second-order valence-corrected chi connectivity index (χ2v) is 9.18. The lowest BCUT2D eigenvalue weighted by Gasteiger charge is -2.27. The van der Waals surface area contributed by atoms with E-state index in [0.717, 1.165) is 37.5 Å². The maximum absolute atomic E-state index is 11.7. The van der Waals surface area contributed by atoms with Gasteiger partial charge in [0.25, 0.3) is 5.69 Å². The van der Waals surface area contributed by atoms with E-state index in [0.29, 0.717) is 12.2 Å². The fourth-order valence-electron chi connectivity index (χ4n) is 3.48. The van der Waals surface area contributed by atoms with Gasteiger partial charge < -0.3 is 5.32 Å². The Balaban J connectivity index is 1.78. The maximum atomic E-state index is 11.7. The van der Waals surface area contributed by atoms with Gasteiger partial charge in [-0.3, -0.25) is 15.0 Å². The van der Waals surface area contributed by atoms with Gasteiger partial charge in [-0.2, -0.15) is 0 Å². The van der Waals surface area contributed by atoms with E-state index in [9.17, 15) is 18.5 Å². The van der Waals surface area contributed by atoms with Crippen molar-refractivity contribution in [1.29, 1.82) is 0 Å². The SMILES string of the molecule is CS(=O)(=O)c1ccc(NCc2ccccc2CN2CCCCC2)c([N+](=O)[O-])c1. The fraction of sp³-hybridized carbons (Fsp3) is 0.400. The van der Waals surface area contributed by atoms with Crippen molar-refractivity contribution in [2.45, 2.75) is 37.2 Å². The van der Waals surface area contributed by atoms with Gasteiger partial charge in [-0.1, -0.05) is 30.7 Å². The number of hydrogen-bond acceptors (Lipinski definition) is 6. The molecule has 0 amide bonds. The van der Waals surface area contributed by atoms with Gasteiger partial charge in [-0.25, -0.2) is 8.42 Å². The number of nitro benzene ring substituents is 1. The van der Waals surface area contributed by atoms with E-state index >= 15 is 0 Å². The maximum Gasteiger partial charge on any atom is 0.293 e. The average Bonchev–Trinajstić information content (AvgIpc) is 2.67. The van der Waals surface area contributed by atoms with Crippen molar-refractivity contribution >= 4 is 21.2 Å². The molecule has 0 bridgehead atoms. The van der Waals surface area contributed by atoms with E-state index in [1.54, 1.807) is 0 Å². The van der Waals surface area contributed by atoms with Crippen molar-refractivity contribution in [1.82, 2.24) is 4.90 Å². The minimum atomic E-state index is -3.50. The zero-order chi connectivity index (χ0) is 20.1. The molecule has 1 fully saturated rings. The first-order valence-electron chi connectivity index (χ1n) is 9.36. The first kappa shape index (κ1) is 20.3. The Labute approximate surface area is 165 Å². The Bertz CT molecular complexity index is 954. The third kappa shape index (κ3) is 5.08. The van der Waals surface area contributed by atoms with Crippen LogP contribution in [0, 0.1) is 10.1 Å². The Morgan fingerprint density at radius 3 is 2.39 bits per heavy atom. The summed E-state index contributed by atoms with van der Waals surface area (Å²) in [6.07, 6.45) is 4.77. The molecule has 0 aromatic heterocycles. The third-order valence-electron chi connectivity index (χ3n) is 5.02. The summed E-state index contributed by atoms with van der Waals surface area (Å²) in [7, 11) is -3.50. The second kappa shape index (κ2) is 8.70. The van der Waals surface area contributed by atoms with Crippen molar-refractivity contribution in [3.8, 4) is 0 Å². The molecule has 8 heteroatoms. The molecule has 1 N–H and O–H groups in total. The number of anilines is 1. The number of nitrogens with one attached hydrogen (secondary N) is 1. The van der Waals surface area contributed by atoms with Gasteiger partial charge in [0.05, 0.1) is 9.82 Å². The summed E-state index contributed by atoms with van der Waals surface area (Å²) in [4.78, 5) is 13.2. The zero-order valence-corrected chi connectivity index (χ0v) is 16.7. The lowest BCUT2D eigenvalue weighted by molar-refractivity contribution is -0.384. The highest BCUT2D eigenvalue weighted by molar-refractivity contribution is 7.90. The van der Waals surface area contributed by atoms with Crippen LogP contribution >= 0.6 is 0 Å². The highest BCUT2D eigenvalue weighted by Crippen LogP contribution is 2.28. The third-order valence-corrected chi connectivity index (χ3v) is 6.13. The van der Waals surface area contributed by atoms with E-state index in [1.165, 1.54) is 37.0 Å². The predicted octanol–water partition coefficient (Wildman–Crippen LogP) is 3.60. The number of nitrogens with zero attached hydrogens (tertiary/aromatic N) is 2. The van der Waals surface area contributed by atoms with Crippen LogP contribution in [-0.2, 0) is 22.9 Å². The topological polar surface area (TPSA) is 92.6 Å². The number of hydrogen-bond donors (Lipinski definition) is 1. The summed E-state index contributed by atoms with van der Waals surface area (Å²) in [6, 6.07) is 12.0. The highest BCUT2D eigenvalue weighted by atomic mass is 32.2. The van der Waals surface area contributed by atoms with Crippen LogP contribution in [-0.4, -0.2) is 37.6 Å². The van der Waals surface area contributed by atoms with Crippen molar-refractivity contribution in [3.05, 3.63) is 63.7 Å². The average molecular weight is 404 g/mol. The molecule has 1 heterocycles. The second-order valence-electron chi connectivity index (χ2n) is 7.17. The molecule has 150 valence electrons. The smallest absolute Gasteiger partial charge is 0.293 e. The van der Waals surface area contributed by atoms with Crippen LogP contribution in [0.4, 0.5) is 11.4 Å². The van der Waals surface area contributed by atoms with E-state index < -0.39 is 14.8 Å². The summed E-state index contributed by atoms with van der Waals surface area (Å²) >= 11 is 0. The summed E-state index contributed by atoms with van der Waals surface area (Å²) in [5, 5.41) is 14.5. The van der Waals surface area contributed by atoms with E-state index in [2.05, 4.69) is 16.3 Å². The van der Waals surface area contributed by atoms with Gasteiger partial charge in [-0.15, -0.1) is 0 Å². The minimum absolute atomic E-state index is 0.0600. The molecular weight excluding hydrogens is 378 g/mol.